The number of aliphatic hydroxyl groups is 1. The lowest BCUT2D eigenvalue weighted by atomic mass is 10.1. The molecule has 7 heteroatoms. The zero-order chi connectivity index (χ0) is 15.5. The van der Waals surface area contributed by atoms with Gasteiger partial charge in [-0.15, -0.1) is 0 Å². The van der Waals surface area contributed by atoms with Crippen molar-refractivity contribution in [3.05, 3.63) is 35.1 Å². The summed E-state index contributed by atoms with van der Waals surface area (Å²) in [5.41, 5.74) is -1.83. The molecule has 4 nitrogen and oxygen atoms in total. The smallest absolute Gasteiger partial charge is 0.254 e. The SMILES string of the molecule is CN(C)CC(C)(O)CNC(=O)c1ccc(F)c(F)c1F. The number of carbonyl (C=O) groups excluding carboxylic acids is 1. The fraction of sp³-hybridized carbons (Fsp3) is 0.462. The van der Waals surface area contributed by atoms with Crippen molar-refractivity contribution in [2.45, 2.75) is 12.5 Å². The van der Waals surface area contributed by atoms with Crippen LogP contribution in [0.5, 0.6) is 0 Å². The van der Waals surface area contributed by atoms with Gasteiger partial charge in [0.05, 0.1) is 11.2 Å². The number of nitrogens with one attached hydrogen (secondary N) is 1. The first kappa shape index (κ1) is 16.5. The average molecular weight is 290 g/mol. The van der Waals surface area contributed by atoms with Crippen LogP contribution in [0.15, 0.2) is 12.1 Å². The van der Waals surface area contributed by atoms with Crippen LogP contribution >= 0.6 is 0 Å². The second-order valence-corrected chi connectivity index (χ2v) is 5.14. The maximum Gasteiger partial charge on any atom is 0.254 e. The van der Waals surface area contributed by atoms with Crippen LogP contribution in [0, 0.1) is 17.5 Å². The molecule has 1 unspecified atom stereocenters. The van der Waals surface area contributed by atoms with Crippen molar-refractivity contribution in [3.8, 4) is 0 Å². The highest BCUT2D eigenvalue weighted by Crippen LogP contribution is 2.15. The first-order chi connectivity index (χ1) is 9.14. The van der Waals surface area contributed by atoms with E-state index in [2.05, 4.69) is 5.32 Å². The quantitative estimate of drug-likeness (QED) is 0.800. The van der Waals surface area contributed by atoms with Crippen LogP contribution in [-0.4, -0.2) is 48.7 Å². The fourth-order valence-electron chi connectivity index (χ4n) is 1.80. The number of benzene rings is 1. The van der Waals surface area contributed by atoms with Crippen LogP contribution in [-0.2, 0) is 0 Å². The van der Waals surface area contributed by atoms with E-state index in [1.54, 1.807) is 19.0 Å². The summed E-state index contributed by atoms with van der Waals surface area (Å²) >= 11 is 0. The lowest BCUT2D eigenvalue weighted by Crippen LogP contribution is -2.47. The largest absolute Gasteiger partial charge is 0.387 e. The third-order valence-electron chi connectivity index (χ3n) is 2.57. The zero-order valence-corrected chi connectivity index (χ0v) is 11.5. The van der Waals surface area contributed by atoms with E-state index in [4.69, 9.17) is 0 Å². The molecule has 0 aliphatic rings. The summed E-state index contributed by atoms with van der Waals surface area (Å²) in [6, 6.07) is 1.52. The van der Waals surface area contributed by atoms with Gasteiger partial charge in [-0.2, -0.15) is 0 Å². The highest BCUT2D eigenvalue weighted by molar-refractivity contribution is 5.94. The van der Waals surface area contributed by atoms with Crippen LogP contribution in [0.1, 0.15) is 17.3 Å². The molecule has 0 bridgehead atoms. The Hall–Kier alpha value is -1.60. The summed E-state index contributed by atoms with van der Waals surface area (Å²) in [7, 11) is 3.48. The first-order valence-electron chi connectivity index (χ1n) is 5.93. The zero-order valence-electron chi connectivity index (χ0n) is 11.5. The molecule has 0 spiro atoms. The van der Waals surface area contributed by atoms with E-state index in [1.807, 2.05) is 0 Å². The van der Waals surface area contributed by atoms with Gasteiger partial charge in [-0.1, -0.05) is 0 Å². The monoisotopic (exact) mass is 290 g/mol. The third-order valence-corrected chi connectivity index (χ3v) is 2.57. The number of hydrogen-bond acceptors (Lipinski definition) is 3. The van der Waals surface area contributed by atoms with Crippen molar-refractivity contribution in [2.75, 3.05) is 27.2 Å². The van der Waals surface area contributed by atoms with E-state index in [-0.39, 0.29) is 13.1 Å². The molecule has 1 rings (SSSR count). The summed E-state index contributed by atoms with van der Waals surface area (Å²) in [4.78, 5) is 13.4. The van der Waals surface area contributed by atoms with Crippen molar-refractivity contribution < 1.29 is 23.1 Å². The lowest BCUT2D eigenvalue weighted by Gasteiger charge is -2.27. The predicted molar refractivity (Wildman–Crippen MR) is 67.8 cm³/mol. The number of halogens is 3. The van der Waals surface area contributed by atoms with Gasteiger partial charge in [-0.05, 0) is 33.2 Å². The minimum Gasteiger partial charge on any atom is -0.387 e. The summed E-state index contributed by atoms with van der Waals surface area (Å²) in [5, 5.41) is 12.3. The van der Waals surface area contributed by atoms with Crippen molar-refractivity contribution in [2.24, 2.45) is 0 Å². The van der Waals surface area contributed by atoms with E-state index < -0.39 is 34.5 Å². The van der Waals surface area contributed by atoms with Crippen molar-refractivity contribution >= 4 is 5.91 Å². The summed E-state index contributed by atoms with van der Waals surface area (Å²) in [5.74, 6) is -5.52. The van der Waals surface area contributed by atoms with Gasteiger partial charge in [0.25, 0.3) is 5.91 Å². The first-order valence-corrected chi connectivity index (χ1v) is 5.93. The number of likely N-dealkylation sites (N-methyl/N-ethyl adjacent to an activating group) is 1. The molecule has 112 valence electrons. The fourth-order valence-corrected chi connectivity index (χ4v) is 1.80. The Balaban J connectivity index is 2.76. The van der Waals surface area contributed by atoms with Crippen molar-refractivity contribution in [3.63, 3.8) is 0 Å². The van der Waals surface area contributed by atoms with Gasteiger partial charge < -0.3 is 15.3 Å². The normalized spacial score (nSPS) is 14.2. The minimum absolute atomic E-state index is 0.150. The molecule has 0 aromatic heterocycles. The third kappa shape index (κ3) is 4.21. The molecule has 1 aromatic carbocycles. The van der Waals surface area contributed by atoms with Gasteiger partial charge in [0.1, 0.15) is 0 Å². The standard InChI is InChI=1S/C13H17F3N2O2/c1-13(20,7-18(2)3)6-17-12(19)8-4-5-9(14)11(16)10(8)15/h4-5,20H,6-7H2,1-3H3,(H,17,19). The number of carbonyl (C=O) groups is 1. The summed E-state index contributed by atoms with van der Waals surface area (Å²) in [6.07, 6.45) is 0. The van der Waals surface area contributed by atoms with Crippen LogP contribution in [0.3, 0.4) is 0 Å². The van der Waals surface area contributed by atoms with Crippen molar-refractivity contribution in [1.82, 2.24) is 10.2 Å². The molecule has 1 aromatic rings. The molecule has 0 saturated carbocycles. The van der Waals surface area contributed by atoms with E-state index in [0.717, 1.165) is 6.07 Å². The molecule has 1 amide bonds. The second kappa shape index (κ2) is 6.23. The number of rotatable bonds is 5. The molecular weight excluding hydrogens is 273 g/mol. The highest BCUT2D eigenvalue weighted by Gasteiger charge is 2.24. The number of hydrogen-bond donors (Lipinski definition) is 2. The van der Waals surface area contributed by atoms with Gasteiger partial charge >= 0.3 is 0 Å². The molecule has 0 aliphatic heterocycles. The van der Waals surface area contributed by atoms with E-state index in [0.29, 0.717) is 6.07 Å². The Morgan fingerprint density at radius 1 is 1.30 bits per heavy atom. The Labute approximate surface area is 115 Å². The molecular formula is C13H17F3N2O2. The Bertz CT molecular complexity index is 505. The summed E-state index contributed by atoms with van der Waals surface area (Å²) < 4.78 is 39.2. The number of amides is 1. The molecule has 0 heterocycles. The Kier molecular flexibility index (Phi) is 5.13. The van der Waals surface area contributed by atoms with Gasteiger partial charge in [0.15, 0.2) is 17.5 Å². The molecule has 1 atom stereocenters. The van der Waals surface area contributed by atoms with Crippen molar-refractivity contribution in [1.29, 1.82) is 0 Å². The molecule has 0 aliphatic carbocycles. The topological polar surface area (TPSA) is 52.6 Å². The van der Waals surface area contributed by atoms with Gasteiger partial charge in [0, 0.05) is 13.1 Å². The second-order valence-electron chi connectivity index (χ2n) is 5.14. The predicted octanol–water partition coefficient (Wildman–Crippen LogP) is 1.15. The Morgan fingerprint density at radius 3 is 2.45 bits per heavy atom. The molecule has 2 N–H and O–H groups in total. The van der Waals surface area contributed by atoms with Crippen LogP contribution < -0.4 is 5.32 Å². The van der Waals surface area contributed by atoms with Gasteiger partial charge in [-0.3, -0.25) is 4.79 Å². The maximum atomic E-state index is 13.4. The summed E-state index contributed by atoms with van der Waals surface area (Å²) in [6.45, 7) is 1.62. The highest BCUT2D eigenvalue weighted by atomic mass is 19.2. The van der Waals surface area contributed by atoms with Crippen LogP contribution in [0.25, 0.3) is 0 Å². The van der Waals surface area contributed by atoms with E-state index in [9.17, 15) is 23.1 Å². The Morgan fingerprint density at radius 2 is 1.90 bits per heavy atom. The van der Waals surface area contributed by atoms with Gasteiger partial charge in [0.2, 0.25) is 0 Å². The molecule has 0 radical (unpaired) electrons. The van der Waals surface area contributed by atoms with Crippen LogP contribution in [0.4, 0.5) is 13.2 Å². The molecule has 0 saturated heterocycles. The number of nitrogens with zero attached hydrogens (tertiary/aromatic N) is 1. The van der Waals surface area contributed by atoms with Gasteiger partial charge in [-0.25, -0.2) is 13.2 Å². The minimum atomic E-state index is -1.70. The van der Waals surface area contributed by atoms with Crippen LogP contribution in [0.2, 0.25) is 0 Å². The molecule has 20 heavy (non-hydrogen) atoms. The van der Waals surface area contributed by atoms with E-state index in [1.165, 1.54) is 6.92 Å². The van der Waals surface area contributed by atoms with E-state index >= 15 is 0 Å². The molecule has 0 fully saturated rings. The maximum absolute atomic E-state index is 13.4. The lowest BCUT2D eigenvalue weighted by molar-refractivity contribution is 0.0325. The average Bonchev–Trinajstić information content (AvgIpc) is 2.32.